The van der Waals surface area contributed by atoms with E-state index in [4.69, 9.17) is 10.8 Å². The van der Waals surface area contributed by atoms with Crippen LogP contribution < -0.4 is 5.73 Å². The Kier molecular flexibility index (Phi) is 7.41. The number of hydrogen-bond acceptors (Lipinski definition) is 3. The van der Waals surface area contributed by atoms with Crippen molar-refractivity contribution in [1.82, 2.24) is 4.90 Å². The summed E-state index contributed by atoms with van der Waals surface area (Å²) in [5, 5.41) is 9.07. The van der Waals surface area contributed by atoms with Crippen molar-refractivity contribution in [3.05, 3.63) is 35.4 Å². The van der Waals surface area contributed by atoms with Gasteiger partial charge in [-0.25, -0.2) is 0 Å². The summed E-state index contributed by atoms with van der Waals surface area (Å²) in [6.45, 7) is 3.37. The minimum atomic E-state index is -0.0658. The minimum absolute atomic E-state index is 0.0257. The summed E-state index contributed by atoms with van der Waals surface area (Å²) in [5.41, 5.74) is 6.71. The number of unbranched alkanes of at least 4 members (excludes halogenated alkanes) is 1. The molecule has 4 heteroatoms. The van der Waals surface area contributed by atoms with Gasteiger partial charge in [-0.3, -0.25) is 4.79 Å². The molecule has 0 aliphatic rings. The number of rotatable bonds is 6. The normalized spacial score (nSPS) is 9.75. The van der Waals surface area contributed by atoms with Gasteiger partial charge < -0.3 is 15.7 Å². The molecule has 4 nitrogen and oxygen atoms in total. The van der Waals surface area contributed by atoms with Gasteiger partial charge >= 0.3 is 0 Å². The van der Waals surface area contributed by atoms with Gasteiger partial charge in [0, 0.05) is 24.2 Å². The maximum Gasteiger partial charge on any atom is 0.253 e. The highest BCUT2D eigenvalue weighted by atomic mass is 16.3. The van der Waals surface area contributed by atoms with Crippen LogP contribution in [0.3, 0.4) is 0 Å². The van der Waals surface area contributed by atoms with E-state index in [-0.39, 0.29) is 12.5 Å². The molecule has 0 aliphatic carbocycles. The lowest BCUT2D eigenvalue weighted by Crippen LogP contribution is -2.34. The average Bonchev–Trinajstić information content (AvgIpc) is 2.49. The maximum atomic E-state index is 12.4. The van der Waals surface area contributed by atoms with E-state index in [2.05, 4.69) is 18.8 Å². The fourth-order valence-corrected chi connectivity index (χ4v) is 1.85. The monoisotopic (exact) mass is 274 g/mol. The molecule has 0 saturated heterocycles. The molecule has 1 aromatic carbocycles. The van der Waals surface area contributed by atoms with Gasteiger partial charge in [0.15, 0.2) is 0 Å². The first-order valence-corrected chi connectivity index (χ1v) is 6.92. The fourth-order valence-electron chi connectivity index (χ4n) is 1.85. The SMILES string of the molecule is CCCCN(CCO)C(=O)c1cccc(C#CCN)c1. The van der Waals surface area contributed by atoms with Gasteiger partial charge in [-0.15, -0.1) is 0 Å². The second kappa shape index (κ2) is 9.13. The van der Waals surface area contributed by atoms with Crippen LogP contribution in [0.1, 0.15) is 35.7 Å². The van der Waals surface area contributed by atoms with Crippen LogP contribution in [-0.2, 0) is 0 Å². The quantitative estimate of drug-likeness (QED) is 0.767. The highest BCUT2D eigenvalue weighted by Gasteiger charge is 2.14. The highest BCUT2D eigenvalue weighted by Crippen LogP contribution is 2.09. The predicted octanol–water partition coefficient (Wildman–Crippen LogP) is 1.23. The fraction of sp³-hybridized carbons (Fsp3) is 0.438. The van der Waals surface area contributed by atoms with Crippen LogP contribution in [0.15, 0.2) is 24.3 Å². The molecule has 0 fully saturated rings. The summed E-state index contributed by atoms with van der Waals surface area (Å²) < 4.78 is 0. The number of nitrogens with zero attached hydrogens (tertiary/aromatic N) is 1. The summed E-state index contributed by atoms with van der Waals surface area (Å²) in [6, 6.07) is 7.19. The molecule has 3 N–H and O–H groups in total. The molecule has 0 aliphatic heterocycles. The van der Waals surface area contributed by atoms with Crippen LogP contribution in [0.25, 0.3) is 0 Å². The van der Waals surface area contributed by atoms with Crippen LogP contribution in [0, 0.1) is 11.8 Å². The average molecular weight is 274 g/mol. The van der Waals surface area contributed by atoms with Gasteiger partial charge in [-0.1, -0.05) is 31.3 Å². The van der Waals surface area contributed by atoms with Gasteiger partial charge in [-0.2, -0.15) is 0 Å². The topological polar surface area (TPSA) is 66.6 Å². The first kappa shape index (κ1) is 16.2. The number of amides is 1. The van der Waals surface area contributed by atoms with Crippen molar-refractivity contribution in [2.75, 3.05) is 26.2 Å². The van der Waals surface area contributed by atoms with Crippen LogP contribution in [0.5, 0.6) is 0 Å². The second-order valence-electron chi connectivity index (χ2n) is 4.46. The Labute approximate surface area is 120 Å². The van der Waals surface area contributed by atoms with Gasteiger partial charge in [-0.05, 0) is 24.6 Å². The molecule has 0 aromatic heterocycles. The molecule has 20 heavy (non-hydrogen) atoms. The minimum Gasteiger partial charge on any atom is -0.395 e. The third-order valence-corrected chi connectivity index (χ3v) is 2.88. The van der Waals surface area contributed by atoms with E-state index in [1.165, 1.54) is 0 Å². The van der Waals surface area contributed by atoms with E-state index in [0.29, 0.717) is 25.2 Å². The Bertz CT molecular complexity index is 489. The summed E-state index contributed by atoms with van der Waals surface area (Å²) in [7, 11) is 0. The van der Waals surface area contributed by atoms with Crippen molar-refractivity contribution in [3.63, 3.8) is 0 Å². The third kappa shape index (κ3) is 5.04. The third-order valence-electron chi connectivity index (χ3n) is 2.88. The van der Waals surface area contributed by atoms with Crippen LogP contribution in [0.4, 0.5) is 0 Å². The molecule has 0 radical (unpaired) electrons. The van der Waals surface area contributed by atoms with E-state index in [9.17, 15) is 4.79 Å². The van der Waals surface area contributed by atoms with Gasteiger partial charge in [0.2, 0.25) is 0 Å². The number of aliphatic hydroxyl groups is 1. The summed E-state index contributed by atoms with van der Waals surface area (Å²) in [4.78, 5) is 14.1. The van der Waals surface area contributed by atoms with Crippen molar-refractivity contribution in [2.45, 2.75) is 19.8 Å². The molecule has 0 spiro atoms. The number of benzene rings is 1. The smallest absolute Gasteiger partial charge is 0.253 e. The van der Waals surface area contributed by atoms with Crippen molar-refractivity contribution >= 4 is 5.91 Å². The lowest BCUT2D eigenvalue weighted by molar-refractivity contribution is 0.0719. The second-order valence-corrected chi connectivity index (χ2v) is 4.46. The summed E-state index contributed by atoms with van der Waals surface area (Å²) in [5.74, 6) is 5.62. The van der Waals surface area contributed by atoms with Crippen LogP contribution >= 0.6 is 0 Å². The number of carbonyl (C=O) groups excluding carboxylic acids is 1. The lowest BCUT2D eigenvalue weighted by Gasteiger charge is -2.21. The Morgan fingerprint density at radius 2 is 2.20 bits per heavy atom. The maximum absolute atomic E-state index is 12.4. The first-order valence-electron chi connectivity index (χ1n) is 6.92. The molecule has 0 bridgehead atoms. The molecule has 1 amide bonds. The van der Waals surface area contributed by atoms with Gasteiger partial charge in [0.25, 0.3) is 5.91 Å². The number of aliphatic hydroxyl groups excluding tert-OH is 1. The lowest BCUT2D eigenvalue weighted by atomic mass is 10.1. The molecule has 0 unspecified atom stereocenters. The molecule has 108 valence electrons. The van der Waals surface area contributed by atoms with E-state index < -0.39 is 0 Å². The Hall–Kier alpha value is -1.83. The predicted molar refractivity (Wildman–Crippen MR) is 80.3 cm³/mol. The Morgan fingerprint density at radius 3 is 2.85 bits per heavy atom. The van der Waals surface area contributed by atoms with E-state index in [0.717, 1.165) is 18.4 Å². The van der Waals surface area contributed by atoms with E-state index in [1.54, 1.807) is 17.0 Å². The molecular weight excluding hydrogens is 252 g/mol. The van der Waals surface area contributed by atoms with Crippen LogP contribution in [0.2, 0.25) is 0 Å². The zero-order chi connectivity index (χ0) is 14.8. The van der Waals surface area contributed by atoms with Crippen molar-refractivity contribution in [3.8, 4) is 11.8 Å². The standard InChI is InChI=1S/C16H22N2O2/c1-2-3-10-18(11-12-19)16(20)15-8-4-6-14(13-15)7-5-9-17/h4,6,8,13,19H,2-3,9-12,17H2,1H3. The van der Waals surface area contributed by atoms with Crippen molar-refractivity contribution < 1.29 is 9.90 Å². The van der Waals surface area contributed by atoms with Crippen LogP contribution in [-0.4, -0.2) is 42.2 Å². The Balaban J connectivity index is 2.87. The molecule has 1 rings (SSSR count). The molecular formula is C16H22N2O2. The summed E-state index contributed by atoms with van der Waals surface area (Å²) >= 11 is 0. The van der Waals surface area contributed by atoms with Crippen molar-refractivity contribution in [1.29, 1.82) is 0 Å². The highest BCUT2D eigenvalue weighted by molar-refractivity contribution is 5.94. The molecule has 0 atom stereocenters. The zero-order valence-electron chi connectivity index (χ0n) is 11.9. The van der Waals surface area contributed by atoms with Crippen molar-refractivity contribution in [2.24, 2.45) is 5.73 Å². The molecule has 1 aromatic rings. The molecule has 0 heterocycles. The zero-order valence-corrected chi connectivity index (χ0v) is 11.9. The summed E-state index contributed by atoms with van der Waals surface area (Å²) in [6.07, 6.45) is 1.94. The number of carbonyl (C=O) groups is 1. The van der Waals surface area contributed by atoms with Gasteiger partial charge in [0.1, 0.15) is 0 Å². The van der Waals surface area contributed by atoms with E-state index >= 15 is 0 Å². The largest absolute Gasteiger partial charge is 0.395 e. The Morgan fingerprint density at radius 1 is 1.40 bits per heavy atom. The van der Waals surface area contributed by atoms with E-state index in [1.807, 2.05) is 12.1 Å². The first-order chi connectivity index (χ1) is 9.72. The van der Waals surface area contributed by atoms with Gasteiger partial charge in [0.05, 0.1) is 13.2 Å². The number of nitrogens with two attached hydrogens (primary N) is 1. The number of hydrogen-bond donors (Lipinski definition) is 2. The molecule has 0 saturated carbocycles.